The molecular weight excluding hydrogens is 398 g/mol. The van der Waals surface area contributed by atoms with E-state index >= 15 is 0 Å². The van der Waals surface area contributed by atoms with Crippen LogP contribution in [0.25, 0.3) is 0 Å². The smallest absolute Gasteiger partial charge is 0.318 e. The fourth-order valence-corrected chi connectivity index (χ4v) is 8.18. The zero-order valence-corrected chi connectivity index (χ0v) is 18.2. The highest BCUT2D eigenvalue weighted by atomic mass is 32.2. The number of carbonyl (C=O) groups excluding carboxylic acids is 3. The molecule has 7 heteroatoms. The monoisotopic (exact) mass is 427 g/mol. The number of nitrogens with zero attached hydrogens (tertiary/aromatic N) is 1. The molecule has 1 aromatic carbocycles. The molecule has 0 radical (unpaired) electrons. The third kappa shape index (κ3) is 3.22. The predicted molar refractivity (Wildman–Crippen MR) is 115 cm³/mol. The molecule has 5 aliphatic rings. The van der Waals surface area contributed by atoms with Crippen LogP contribution in [0.5, 0.6) is 0 Å². The number of carbonyl (C=O) groups is 3. The van der Waals surface area contributed by atoms with E-state index in [9.17, 15) is 14.4 Å². The molecule has 1 heterocycles. The lowest BCUT2D eigenvalue weighted by molar-refractivity contribution is -0.138. The van der Waals surface area contributed by atoms with Crippen molar-refractivity contribution in [3.63, 3.8) is 0 Å². The SMILES string of the molecule is CC[C@@]1(c2ccccc2)NC(=O)N(NC(=O)CSC23CC4CC(CC(C4)C2)C3)C1=O. The Bertz CT molecular complexity index is 838. The summed E-state index contributed by atoms with van der Waals surface area (Å²) < 4.78 is 0.223. The summed E-state index contributed by atoms with van der Waals surface area (Å²) in [7, 11) is 0. The van der Waals surface area contributed by atoms with Crippen molar-refractivity contribution in [2.45, 2.75) is 62.2 Å². The maximum Gasteiger partial charge on any atom is 0.344 e. The molecule has 1 aliphatic heterocycles. The van der Waals surface area contributed by atoms with Crippen LogP contribution in [0.4, 0.5) is 4.79 Å². The summed E-state index contributed by atoms with van der Waals surface area (Å²) in [5.74, 6) is 2.07. The van der Waals surface area contributed by atoms with Gasteiger partial charge in [0, 0.05) is 4.75 Å². The molecule has 160 valence electrons. The summed E-state index contributed by atoms with van der Waals surface area (Å²) in [6.07, 6.45) is 8.16. The van der Waals surface area contributed by atoms with E-state index in [2.05, 4.69) is 10.7 Å². The van der Waals surface area contributed by atoms with Crippen LogP contribution in [0.2, 0.25) is 0 Å². The van der Waals surface area contributed by atoms with Crippen LogP contribution >= 0.6 is 11.8 Å². The van der Waals surface area contributed by atoms with Crippen molar-refractivity contribution in [1.82, 2.24) is 15.8 Å². The minimum atomic E-state index is -1.13. The van der Waals surface area contributed by atoms with Gasteiger partial charge in [0.05, 0.1) is 5.75 Å². The van der Waals surface area contributed by atoms with Gasteiger partial charge in [-0.15, -0.1) is 11.8 Å². The number of rotatable bonds is 6. The zero-order valence-electron chi connectivity index (χ0n) is 17.4. The van der Waals surface area contributed by atoms with Crippen LogP contribution in [0, 0.1) is 17.8 Å². The first-order valence-electron chi connectivity index (χ1n) is 11.1. The second-order valence-electron chi connectivity index (χ2n) is 9.62. The molecule has 5 fully saturated rings. The normalized spacial score (nSPS) is 36.8. The van der Waals surface area contributed by atoms with Crippen molar-refractivity contribution < 1.29 is 14.4 Å². The molecular formula is C23H29N3O3S. The molecule has 4 aliphatic carbocycles. The van der Waals surface area contributed by atoms with Gasteiger partial charge in [-0.3, -0.25) is 15.0 Å². The third-order valence-corrected chi connectivity index (χ3v) is 9.14. The number of hydrogen-bond acceptors (Lipinski definition) is 4. The lowest BCUT2D eigenvalue weighted by Gasteiger charge is -2.56. The Morgan fingerprint density at radius 1 is 1.10 bits per heavy atom. The van der Waals surface area contributed by atoms with Gasteiger partial charge in [0.2, 0.25) is 5.91 Å². The minimum absolute atomic E-state index is 0.223. The van der Waals surface area contributed by atoms with Gasteiger partial charge in [-0.2, -0.15) is 5.01 Å². The van der Waals surface area contributed by atoms with Crippen LogP contribution in [0.3, 0.4) is 0 Å². The molecule has 1 saturated heterocycles. The van der Waals surface area contributed by atoms with Gasteiger partial charge in [-0.25, -0.2) is 4.79 Å². The molecule has 1 atom stereocenters. The molecule has 2 N–H and O–H groups in total. The first-order chi connectivity index (χ1) is 14.4. The number of imide groups is 1. The van der Waals surface area contributed by atoms with Gasteiger partial charge in [0.15, 0.2) is 0 Å². The predicted octanol–water partition coefficient (Wildman–Crippen LogP) is 3.58. The lowest BCUT2D eigenvalue weighted by Crippen LogP contribution is -2.51. The van der Waals surface area contributed by atoms with Crippen molar-refractivity contribution in [2.24, 2.45) is 17.8 Å². The fraction of sp³-hybridized carbons (Fsp3) is 0.609. The molecule has 1 aromatic rings. The van der Waals surface area contributed by atoms with E-state index in [1.165, 1.54) is 38.5 Å². The van der Waals surface area contributed by atoms with E-state index in [0.29, 0.717) is 6.42 Å². The average molecular weight is 428 g/mol. The maximum absolute atomic E-state index is 13.2. The van der Waals surface area contributed by atoms with Crippen LogP contribution in [0.15, 0.2) is 30.3 Å². The first kappa shape index (κ1) is 19.9. The Morgan fingerprint density at radius 2 is 1.70 bits per heavy atom. The summed E-state index contributed by atoms with van der Waals surface area (Å²) in [5.41, 5.74) is 2.18. The van der Waals surface area contributed by atoms with Gasteiger partial charge in [0.25, 0.3) is 5.91 Å². The van der Waals surface area contributed by atoms with Crippen LogP contribution in [-0.4, -0.2) is 33.4 Å². The number of urea groups is 1. The number of benzene rings is 1. The van der Waals surface area contributed by atoms with Crippen molar-refractivity contribution in [3.05, 3.63) is 35.9 Å². The molecule has 4 amide bonds. The summed E-state index contributed by atoms with van der Waals surface area (Å²) >= 11 is 1.75. The maximum atomic E-state index is 13.2. The van der Waals surface area contributed by atoms with E-state index in [4.69, 9.17) is 0 Å². The quantitative estimate of drug-likeness (QED) is 0.680. The molecule has 6 nitrogen and oxygen atoms in total. The summed E-state index contributed by atoms with van der Waals surface area (Å²) in [4.78, 5) is 38.4. The summed E-state index contributed by atoms with van der Waals surface area (Å²) in [5, 5.41) is 3.68. The highest BCUT2D eigenvalue weighted by molar-refractivity contribution is 8.01. The van der Waals surface area contributed by atoms with Gasteiger partial charge in [-0.1, -0.05) is 37.3 Å². The standard InChI is InChI=1S/C23H29N3O3S/c1-2-23(18-6-4-3-5-7-18)20(28)26(21(29)24-23)25-19(27)14-30-22-11-15-8-16(12-22)10-17(9-15)13-22/h3-7,15-17H,2,8-14H2,1H3,(H,24,29)(H,25,27)/t15?,16?,17?,22?,23-/m0/s1. The summed E-state index contributed by atoms with van der Waals surface area (Å²) in [6, 6.07) is 8.64. The zero-order chi connectivity index (χ0) is 20.9. The molecule has 6 rings (SSSR count). The first-order valence-corrected chi connectivity index (χ1v) is 12.1. The average Bonchev–Trinajstić information content (AvgIpc) is 2.97. The Labute approximate surface area is 181 Å². The van der Waals surface area contributed by atoms with Crippen molar-refractivity contribution in [2.75, 3.05) is 5.75 Å². The topological polar surface area (TPSA) is 78.5 Å². The molecule has 0 aromatic heterocycles. The number of nitrogens with one attached hydrogen (secondary N) is 2. The highest BCUT2D eigenvalue weighted by Gasteiger charge is 2.53. The van der Waals surface area contributed by atoms with Crippen molar-refractivity contribution in [3.8, 4) is 0 Å². The number of hydrazine groups is 1. The lowest BCUT2D eigenvalue weighted by atomic mass is 9.56. The number of thioether (sulfide) groups is 1. The summed E-state index contributed by atoms with van der Waals surface area (Å²) in [6.45, 7) is 1.86. The molecule has 4 saturated carbocycles. The van der Waals surface area contributed by atoms with E-state index in [1.807, 2.05) is 37.3 Å². The van der Waals surface area contributed by atoms with E-state index in [0.717, 1.165) is 28.3 Å². The molecule has 4 bridgehead atoms. The number of amides is 4. The molecule has 30 heavy (non-hydrogen) atoms. The van der Waals surface area contributed by atoms with Crippen molar-refractivity contribution in [1.29, 1.82) is 0 Å². The van der Waals surface area contributed by atoms with Crippen LogP contribution in [0.1, 0.15) is 57.4 Å². The Morgan fingerprint density at radius 3 is 2.27 bits per heavy atom. The van der Waals surface area contributed by atoms with Crippen molar-refractivity contribution >= 4 is 29.6 Å². The van der Waals surface area contributed by atoms with Crippen LogP contribution in [-0.2, 0) is 15.1 Å². The highest BCUT2D eigenvalue weighted by Crippen LogP contribution is 2.60. The second-order valence-corrected chi connectivity index (χ2v) is 11.1. The van der Waals surface area contributed by atoms with Gasteiger partial charge in [0.1, 0.15) is 5.54 Å². The van der Waals surface area contributed by atoms with E-state index < -0.39 is 17.5 Å². The van der Waals surface area contributed by atoms with Gasteiger partial charge >= 0.3 is 6.03 Å². The Balaban J connectivity index is 1.24. The van der Waals surface area contributed by atoms with Gasteiger partial charge < -0.3 is 5.32 Å². The number of hydrogen-bond donors (Lipinski definition) is 2. The van der Waals surface area contributed by atoms with E-state index in [1.54, 1.807) is 11.8 Å². The minimum Gasteiger partial charge on any atom is -0.318 e. The third-order valence-electron chi connectivity index (χ3n) is 7.62. The Hall–Kier alpha value is -2.02. The Kier molecular flexibility index (Phi) is 4.84. The second kappa shape index (κ2) is 7.29. The largest absolute Gasteiger partial charge is 0.344 e. The fourth-order valence-electron chi connectivity index (χ4n) is 6.62. The van der Waals surface area contributed by atoms with Crippen LogP contribution < -0.4 is 10.7 Å². The molecule has 0 spiro atoms. The molecule has 0 unspecified atom stereocenters. The van der Waals surface area contributed by atoms with E-state index in [-0.39, 0.29) is 16.4 Å². The van der Waals surface area contributed by atoms with Gasteiger partial charge in [-0.05, 0) is 68.3 Å².